The monoisotopic (exact) mass is 275 g/mol. The van der Waals surface area contributed by atoms with Gasteiger partial charge < -0.3 is 15.2 Å². The van der Waals surface area contributed by atoms with Gasteiger partial charge in [0.2, 0.25) is 5.91 Å². The number of aromatic nitrogens is 1. The Bertz CT molecular complexity index is 600. The van der Waals surface area contributed by atoms with Crippen molar-refractivity contribution in [2.75, 3.05) is 18.4 Å². The van der Waals surface area contributed by atoms with Gasteiger partial charge in [-0.1, -0.05) is 0 Å². The van der Waals surface area contributed by atoms with E-state index in [1.807, 2.05) is 13.0 Å². The first-order valence-corrected chi connectivity index (χ1v) is 7.21. The van der Waals surface area contributed by atoms with Crippen molar-refractivity contribution in [3.8, 4) is 0 Å². The summed E-state index contributed by atoms with van der Waals surface area (Å²) < 4.78 is 1.50. The second-order valence-electron chi connectivity index (χ2n) is 6.15. The predicted octanol–water partition coefficient (Wildman–Crippen LogP) is 1.02. The number of pyridine rings is 1. The molecule has 108 valence electrons. The maximum absolute atomic E-state index is 12.4. The lowest BCUT2D eigenvalue weighted by Crippen LogP contribution is -2.32. The van der Waals surface area contributed by atoms with Crippen LogP contribution in [-0.4, -0.2) is 23.6 Å². The lowest BCUT2D eigenvalue weighted by atomic mass is 9.92. The molecular formula is C15H21N3O2. The highest BCUT2D eigenvalue weighted by molar-refractivity contribution is 5.95. The predicted molar refractivity (Wildman–Crippen MR) is 77.7 cm³/mol. The van der Waals surface area contributed by atoms with E-state index in [9.17, 15) is 9.59 Å². The Kier molecular flexibility index (Phi) is 3.17. The Morgan fingerprint density at radius 2 is 2.15 bits per heavy atom. The molecule has 5 nitrogen and oxygen atoms in total. The molecule has 3 rings (SSSR count). The molecular weight excluding hydrogens is 254 g/mol. The SMILES string of the molecule is Cc1ccn(C)c(=O)c1NC(=O)C1CC12CCNCC2. The van der Waals surface area contributed by atoms with Gasteiger partial charge in [-0.15, -0.1) is 0 Å². The molecule has 1 aromatic heterocycles. The van der Waals surface area contributed by atoms with Crippen molar-refractivity contribution in [2.45, 2.75) is 26.2 Å². The highest BCUT2D eigenvalue weighted by Gasteiger charge is 2.57. The van der Waals surface area contributed by atoms with Crippen LogP contribution in [0, 0.1) is 18.3 Å². The molecule has 0 bridgehead atoms. The van der Waals surface area contributed by atoms with Crippen LogP contribution in [0.3, 0.4) is 0 Å². The summed E-state index contributed by atoms with van der Waals surface area (Å²) in [4.78, 5) is 24.5. The number of hydrogen-bond donors (Lipinski definition) is 2. The minimum atomic E-state index is -0.140. The Labute approximate surface area is 118 Å². The van der Waals surface area contributed by atoms with Crippen LogP contribution < -0.4 is 16.2 Å². The first-order valence-electron chi connectivity index (χ1n) is 7.21. The lowest BCUT2D eigenvalue weighted by Gasteiger charge is -2.23. The Morgan fingerprint density at radius 3 is 2.85 bits per heavy atom. The molecule has 0 radical (unpaired) electrons. The minimum Gasteiger partial charge on any atom is -0.321 e. The van der Waals surface area contributed by atoms with Crippen LogP contribution in [0.1, 0.15) is 24.8 Å². The van der Waals surface area contributed by atoms with Crippen molar-refractivity contribution < 1.29 is 4.79 Å². The van der Waals surface area contributed by atoms with Gasteiger partial charge >= 0.3 is 0 Å². The second-order valence-corrected chi connectivity index (χ2v) is 6.15. The van der Waals surface area contributed by atoms with E-state index in [0.29, 0.717) is 5.69 Å². The van der Waals surface area contributed by atoms with Gasteiger partial charge in [0.1, 0.15) is 5.69 Å². The van der Waals surface area contributed by atoms with Gasteiger partial charge in [0.25, 0.3) is 5.56 Å². The quantitative estimate of drug-likeness (QED) is 0.847. The fraction of sp³-hybridized carbons (Fsp3) is 0.600. The molecule has 2 fully saturated rings. The summed E-state index contributed by atoms with van der Waals surface area (Å²) >= 11 is 0. The van der Waals surface area contributed by atoms with Gasteiger partial charge in [-0.2, -0.15) is 0 Å². The Hall–Kier alpha value is -1.62. The van der Waals surface area contributed by atoms with Crippen molar-refractivity contribution in [3.05, 3.63) is 28.2 Å². The van der Waals surface area contributed by atoms with Gasteiger partial charge in [0.15, 0.2) is 0 Å². The fourth-order valence-electron chi connectivity index (χ4n) is 3.28. The number of rotatable bonds is 2. The molecule has 1 aliphatic heterocycles. The van der Waals surface area contributed by atoms with E-state index in [2.05, 4.69) is 10.6 Å². The third-order valence-electron chi connectivity index (χ3n) is 4.83. The summed E-state index contributed by atoms with van der Waals surface area (Å²) in [5, 5.41) is 6.19. The second kappa shape index (κ2) is 4.74. The highest BCUT2D eigenvalue weighted by atomic mass is 16.2. The molecule has 1 aliphatic carbocycles. The van der Waals surface area contributed by atoms with Gasteiger partial charge in [0.05, 0.1) is 0 Å². The van der Waals surface area contributed by atoms with Crippen molar-refractivity contribution >= 4 is 11.6 Å². The smallest absolute Gasteiger partial charge is 0.274 e. The van der Waals surface area contributed by atoms with Gasteiger partial charge in [-0.3, -0.25) is 9.59 Å². The van der Waals surface area contributed by atoms with E-state index in [4.69, 9.17) is 0 Å². The maximum atomic E-state index is 12.4. The molecule has 2 N–H and O–H groups in total. The zero-order valence-electron chi connectivity index (χ0n) is 12.0. The average molecular weight is 275 g/mol. The lowest BCUT2D eigenvalue weighted by molar-refractivity contribution is -0.118. The zero-order chi connectivity index (χ0) is 14.3. The summed E-state index contributed by atoms with van der Waals surface area (Å²) in [6.45, 7) is 3.84. The van der Waals surface area contributed by atoms with Crippen LogP contribution in [0.15, 0.2) is 17.1 Å². The Balaban J connectivity index is 1.75. The number of aryl methyl sites for hydroxylation is 2. The number of carbonyl (C=O) groups excluding carboxylic acids is 1. The normalized spacial score (nSPS) is 23.6. The molecule has 2 heterocycles. The minimum absolute atomic E-state index is 0.0123. The van der Waals surface area contributed by atoms with Crippen LogP contribution in [0.25, 0.3) is 0 Å². The average Bonchev–Trinajstić information content (AvgIpc) is 3.13. The van der Waals surface area contributed by atoms with Gasteiger partial charge in [-0.05, 0) is 56.3 Å². The molecule has 1 amide bonds. The molecule has 1 atom stereocenters. The van der Waals surface area contributed by atoms with Crippen LogP contribution in [0.5, 0.6) is 0 Å². The molecule has 2 aliphatic rings. The number of anilines is 1. The third kappa shape index (κ3) is 2.16. The van der Waals surface area contributed by atoms with E-state index < -0.39 is 0 Å². The van der Waals surface area contributed by atoms with Crippen molar-refractivity contribution in [1.29, 1.82) is 0 Å². The van der Waals surface area contributed by atoms with E-state index >= 15 is 0 Å². The van der Waals surface area contributed by atoms with E-state index in [-0.39, 0.29) is 22.8 Å². The highest BCUT2D eigenvalue weighted by Crippen LogP contribution is 2.58. The molecule has 0 aromatic carbocycles. The van der Waals surface area contributed by atoms with Crippen molar-refractivity contribution in [3.63, 3.8) is 0 Å². The number of carbonyl (C=O) groups is 1. The van der Waals surface area contributed by atoms with Crippen LogP contribution in [0.4, 0.5) is 5.69 Å². The molecule has 20 heavy (non-hydrogen) atoms. The maximum Gasteiger partial charge on any atom is 0.274 e. The summed E-state index contributed by atoms with van der Waals surface area (Å²) in [6.07, 6.45) is 4.82. The van der Waals surface area contributed by atoms with Gasteiger partial charge in [0, 0.05) is 19.2 Å². The number of nitrogens with zero attached hydrogens (tertiary/aromatic N) is 1. The molecule has 1 spiro atoms. The van der Waals surface area contributed by atoms with Crippen LogP contribution in [-0.2, 0) is 11.8 Å². The molecule has 1 saturated carbocycles. The summed E-state index contributed by atoms with van der Waals surface area (Å²) in [5.74, 6) is 0.0900. The summed E-state index contributed by atoms with van der Waals surface area (Å²) in [7, 11) is 1.70. The first kappa shape index (κ1) is 13.4. The third-order valence-corrected chi connectivity index (χ3v) is 4.83. The first-order chi connectivity index (χ1) is 9.53. The largest absolute Gasteiger partial charge is 0.321 e. The number of hydrogen-bond acceptors (Lipinski definition) is 3. The van der Waals surface area contributed by atoms with Crippen molar-refractivity contribution in [2.24, 2.45) is 18.4 Å². The van der Waals surface area contributed by atoms with Crippen LogP contribution in [0.2, 0.25) is 0 Å². The van der Waals surface area contributed by atoms with Gasteiger partial charge in [-0.25, -0.2) is 0 Å². The number of piperidine rings is 1. The molecule has 1 unspecified atom stereocenters. The molecule has 1 saturated heterocycles. The van der Waals surface area contributed by atoms with E-state index in [0.717, 1.165) is 37.9 Å². The Morgan fingerprint density at radius 1 is 1.45 bits per heavy atom. The molecule has 5 heteroatoms. The fourth-order valence-corrected chi connectivity index (χ4v) is 3.28. The standard InChI is InChI=1S/C15H21N3O2/c1-10-3-8-18(2)14(20)12(10)17-13(19)11-9-15(11)4-6-16-7-5-15/h3,8,11,16H,4-7,9H2,1-2H3,(H,17,19). The summed E-state index contributed by atoms with van der Waals surface area (Å²) in [6, 6.07) is 1.85. The summed E-state index contributed by atoms with van der Waals surface area (Å²) in [5.41, 5.74) is 1.30. The van der Waals surface area contributed by atoms with Crippen LogP contribution >= 0.6 is 0 Å². The zero-order valence-corrected chi connectivity index (χ0v) is 12.0. The van der Waals surface area contributed by atoms with E-state index in [1.54, 1.807) is 13.2 Å². The molecule has 1 aromatic rings. The topological polar surface area (TPSA) is 63.1 Å². The van der Waals surface area contributed by atoms with Crippen molar-refractivity contribution in [1.82, 2.24) is 9.88 Å². The number of nitrogens with one attached hydrogen (secondary N) is 2. The number of amides is 1. The van der Waals surface area contributed by atoms with E-state index in [1.165, 1.54) is 4.57 Å².